The molecular formula is C18H20N2O5. The maximum Gasteiger partial charge on any atom is 0.273 e. The number of nitro benzene ring substituents is 1. The molecule has 1 N–H and O–H groups in total. The lowest BCUT2D eigenvalue weighted by Crippen LogP contribution is -2.28. The Morgan fingerprint density at radius 2 is 1.84 bits per heavy atom. The highest BCUT2D eigenvalue weighted by Gasteiger charge is 2.17. The van der Waals surface area contributed by atoms with Crippen molar-refractivity contribution in [3.05, 3.63) is 63.7 Å². The minimum Gasteiger partial charge on any atom is -0.493 e. The molecule has 1 atom stereocenters. The Morgan fingerprint density at radius 1 is 1.16 bits per heavy atom. The monoisotopic (exact) mass is 344 g/mol. The lowest BCUT2D eigenvalue weighted by atomic mass is 10.1. The lowest BCUT2D eigenvalue weighted by Gasteiger charge is -2.16. The summed E-state index contributed by atoms with van der Waals surface area (Å²) < 4.78 is 10.4. The van der Waals surface area contributed by atoms with Gasteiger partial charge >= 0.3 is 0 Å². The van der Waals surface area contributed by atoms with Crippen LogP contribution in [0.3, 0.4) is 0 Å². The van der Waals surface area contributed by atoms with E-state index in [4.69, 9.17) is 9.47 Å². The van der Waals surface area contributed by atoms with Crippen molar-refractivity contribution < 1.29 is 19.2 Å². The van der Waals surface area contributed by atoms with E-state index in [2.05, 4.69) is 5.32 Å². The summed E-state index contributed by atoms with van der Waals surface area (Å²) in [5, 5.41) is 13.9. The van der Waals surface area contributed by atoms with Crippen LogP contribution in [0.1, 0.15) is 24.1 Å². The summed E-state index contributed by atoms with van der Waals surface area (Å²) in [5.41, 5.74) is 1.16. The maximum atomic E-state index is 12.3. The summed E-state index contributed by atoms with van der Waals surface area (Å²) in [6, 6.07) is 11.3. The number of benzene rings is 2. The topological polar surface area (TPSA) is 90.7 Å². The molecule has 2 aromatic carbocycles. The molecule has 0 aliphatic rings. The van der Waals surface area contributed by atoms with Gasteiger partial charge in [0.25, 0.3) is 5.69 Å². The Labute approximate surface area is 145 Å². The summed E-state index contributed by atoms with van der Waals surface area (Å²) in [5.74, 6) is 0.876. The zero-order valence-electron chi connectivity index (χ0n) is 14.3. The van der Waals surface area contributed by atoms with Gasteiger partial charge in [0.05, 0.1) is 31.6 Å². The molecule has 7 heteroatoms. The van der Waals surface area contributed by atoms with Gasteiger partial charge in [-0.1, -0.05) is 24.3 Å². The first-order valence-electron chi connectivity index (χ1n) is 7.69. The summed E-state index contributed by atoms with van der Waals surface area (Å²) in [7, 11) is 3.09. The number of nitrogens with zero attached hydrogens (tertiary/aromatic N) is 1. The molecular weight excluding hydrogens is 324 g/mol. The van der Waals surface area contributed by atoms with Crippen LogP contribution in [-0.4, -0.2) is 25.1 Å². The van der Waals surface area contributed by atoms with E-state index in [1.165, 1.54) is 6.07 Å². The Hall–Kier alpha value is -3.09. The molecule has 0 fully saturated rings. The minimum absolute atomic E-state index is 0.0589. The van der Waals surface area contributed by atoms with Gasteiger partial charge in [-0.2, -0.15) is 0 Å². The molecule has 0 spiro atoms. The molecule has 0 saturated heterocycles. The molecule has 0 aromatic heterocycles. The third kappa shape index (κ3) is 4.47. The van der Waals surface area contributed by atoms with Crippen LogP contribution in [0.25, 0.3) is 0 Å². The van der Waals surface area contributed by atoms with Crippen molar-refractivity contribution in [2.75, 3.05) is 14.2 Å². The van der Waals surface area contributed by atoms with E-state index < -0.39 is 4.92 Å². The van der Waals surface area contributed by atoms with E-state index in [1.807, 2.05) is 13.0 Å². The number of carbonyl (C=O) groups excluding carboxylic acids is 1. The average Bonchev–Trinajstić information content (AvgIpc) is 2.61. The molecule has 0 bridgehead atoms. The Bertz CT molecular complexity index is 776. The Balaban J connectivity index is 2.09. The van der Waals surface area contributed by atoms with Crippen molar-refractivity contribution in [1.29, 1.82) is 0 Å². The van der Waals surface area contributed by atoms with Gasteiger partial charge in [0.2, 0.25) is 5.91 Å². The molecule has 0 saturated carbocycles. The number of ether oxygens (including phenoxy) is 2. The van der Waals surface area contributed by atoms with E-state index in [0.717, 1.165) is 5.56 Å². The van der Waals surface area contributed by atoms with Crippen molar-refractivity contribution in [2.45, 2.75) is 19.4 Å². The highest BCUT2D eigenvalue weighted by atomic mass is 16.6. The molecule has 25 heavy (non-hydrogen) atoms. The smallest absolute Gasteiger partial charge is 0.273 e. The number of nitrogens with one attached hydrogen (secondary N) is 1. The van der Waals surface area contributed by atoms with Crippen LogP contribution in [0.15, 0.2) is 42.5 Å². The van der Waals surface area contributed by atoms with Crippen molar-refractivity contribution in [1.82, 2.24) is 5.32 Å². The van der Waals surface area contributed by atoms with Crippen LogP contribution in [-0.2, 0) is 11.2 Å². The summed E-state index contributed by atoms with van der Waals surface area (Å²) in [4.78, 5) is 22.8. The molecule has 0 unspecified atom stereocenters. The van der Waals surface area contributed by atoms with E-state index in [9.17, 15) is 14.9 Å². The van der Waals surface area contributed by atoms with Gasteiger partial charge in [-0.3, -0.25) is 14.9 Å². The second-order valence-corrected chi connectivity index (χ2v) is 5.47. The molecule has 0 radical (unpaired) electrons. The Kier molecular flexibility index (Phi) is 5.94. The average molecular weight is 344 g/mol. The lowest BCUT2D eigenvalue weighted by molar-refractivity contribution is -0.385. The van der Waals surface area contributed by atoms with Crippen LogP contribution in [0.5, 0.6) is 11.5 Å². The summed E-state index contributed by atoms with van der Waals surface area (Å²) in [6.45, 7) is 1.83. The first-order valence-corrected chi connectivity index (χ1v) is 7.69. The number of methoxy groups -OCH3 is 2. The third-order valence-electron chi connectivity index (χ3n) is 3.82. The fourth-order valence-electron chi connectivity index (χ4n) is 2.51. The van der Waals surface area contributed by atoms with E-state index in [1.54, 1.807) is 44.6 Å². The fourth-order valence-corrected chi connectivity index (χ4v) is 2.51. The van der Waals surface area contributed by atoms with Crippen LogP contribution in [0.2, 0.25) is 0 Å². The van der Waals surface area contributed by atoms with Crippen LogP contribution < -0.4 is 14.8 Å². The summed E-state index contributed by atoms with van der Waals surface area (Å²) in [6.07, 6.45) is -0.0607. The van der Waals surface area contributed by atoms with Gasteiger partial charge in [-0.05, 0) is 24.6 Å². The number of para-hydroxylation sites is 1. The van der Waals surface area contributed by atoms with E-state index in [0.29, 0.717) is 17.1 Å². The van der Waals surface area contributed by atoms with Crippen molar-refractivity contribution >= 4 is 11.6 Å². The third-order valence-corrected chi connectivity index (χ3v) is 3.82. The minimum atomic E-state index is -0.486. The number of hydrogen-bond acceptors (Lipinski definition) is 5. The summed E-state index contributed by atoms with van der Waals surface area (Å²) >= 11 is 0. The SMILES string of the molecule is COc1ccc([C@H](C)NC(=O)Cc2ccccc2[N+](=O)[O-])cc1OC. The highest BCUT2D eigenvalue weighted by molar-refractivity contribution is 5.80. The number of rotatable bonds is 7. The molecule has 1 amide bonds. The molecule has 7 nitrogen and oxygen atoms in total. The number of amides is 1. The highest BCUT2D eigenvalue weighted by Crippen LogP contribution is 2.30. The van der Waals surface area contributed by atoms with Gasteiger partial charge in [-0.25, -0.2) is 0 Å². The molecule has 0 aliphatic carbocycles. The zero-order valence-corrected chi connectivity index (χ0v) is 14.3. The van der Waals surface area contributed by atoms with Gasteiger partial charge in [-0.15, -0.1) is 0 Å². The second-order valence-electron chi connectivity index (χ2n) is 5.47. The zero-order chi connectivity index (χ0) is 18.4. The second kappa shape index (κ2) is 8.14. The first kappa shape index (κ1) is 18.3. The number of hydrogen-bond donors (Lipinski definition) is 1. The predicted octanol–water partition coefficient (Wildman–Crippen LogP) is 3.03. The van der Waals surface area contributed by atoms with Crippen LogP contribution >= 0.6 is 0 Å². The van der Waals surface area contributed by atoms with Gasteiger partial charge in [0.15, 0.2) is 11.5 Å². The van der Waals surface area contributed by atoms with Crippen LogP contribution in [0, 0.1) is 10.1 Å². The van der Waals surface area contributed by atoms with Gasteiger partial charge in [0, 0.05) is 11.6 Å². The normalized spacial score (nSPS) is 11.5. The number of nitro groups is 1. The number of carbonyl (C=O) groups is 1. The molecule has 132 valence electrons. The predicted molar refractivity (Wildman–Crippen MR) is 92.9 cm³/mol. The largest absolute Gasteiger partial charge is 0.493 e. The molecule has 0 aliphatic heterocycles. The quantitative estimate of drug-likeness (QED) is 0.616. The van der Waals surface area contributed by atoms with Gasteiger partial charge < -0.3 is 14.8 Å². The Morgan fingerprint density at radius 3 is 2.48 bits per heavy atom. The standard InChI is InChI=1S/C18H20N2O5/c1-12(13-8-9-16(24-2)17(10-13)25-3)19-18(21)11-14-6-4-5-7-15(14)20(22)23/h4-10,12H,11H2,1-3H3,(H,19,21)/t12-/m0/s1. The van der Waals surface area contributed by atoms with Crippen molar-refractivity contribution in [3.8, 4) is 11.5 Å². The first-order chi connectivity index (χ1) is 12.0. The maximum absolute atomic E-state index is 12.3. The fraction of sp³-hybridized carbons (Fsp3) is 0.278. The van der Waals surface area contributed by atoms with Crippen molar-refractivity contribution in [2.24, 2.45) is 0 Å². The van der Waals surface area contributed by atoms with E-state index in [-0.39, 0.29) is 24.1 Å². The molecule has 2 aromatic rings. The molecule has 0 heterocycles. The van der Waals surface area contributed by atoms with Crippen LogP contribution in [0.4, 0.5) is 5.69 Å². The van der Waals surface area contributed by atoms with Gasteiger partial charge in [0.1, 0.15) is 0 Å². The molecule has 2 rings (SSSR count). The van der Waals surface area contributed by atoms with Crippen molar-refractivity contribution in [3.63, 3.8) is 0 Å². The van der Waals surface area contributed by atoms with E-state index >= 15 is 0 Å².